The fourth-order valence-corrected chi connectivity index (χ4v) is 1.45. The van der Waals surface area contributed by atoms with Crippen LogP contribution in [0.4, 0.5) is 0 Å². The van der Waals surface area contributed by atoms with Crippen molar-refractivity contribution in [2.24, 2.45) is 0 Å². The molecule has 0 aromatic rings. The van der Waals surface area contributed by atoms with Gasteiger partial charge in [0.15, 0.2) is 0 Å². The van der Waals surface area contributed by atoms with Crippen LogP contribution in [0.3, 0.4) is 0 Å². The summed E-state index contributed by atoms with van der Waals surface area (Å²) in [6, 6.07) is 0. The van der Waals surface area contributed by atoms with Crippen molar-refractivity contribution >= 4 is 44.1 Å². The molecule has 2 N–H and O–H groups in total. The van der Waals surface area contributed by atoms with Crippen molar-refractivity contribution in [2.45, 2.75) is 12.8 Å². The molecule has 0 saturated carbocycles. The molecule has 0 saturated heterocycles. The Bertz CT molecular complexity index is 312. The maximum absolute atomic E-state index is 9.72. The second kappa shape index (κ2) is 11.6. The molecule has 17 heavy (non-hydrogen) atoms. The number of hydrogen-bond acceptors (Lipinski definition) is 8. The Morgan fingerprint density at radius 3 is 1.06 bits per heavy atom. The summed E-state index contributed by atoms with van der Waals surface area (Å²) in [5.41, 5.74) is 0. The molecule has 0 aromatic carbocycles. The van der Waals surface area contributed by atoms with Crippen molar-refractivity contribution < 1.29 is 36.2 Å². The fraction of sp³-hybridized carbons (Fsp3) is 1.00. The van der Waals surface area contributed by atoms with E-state index in [1.165, 1.54) is 0 Å². The molecule has 0 bridgehead atoms. The zero-order chi connectivity index (χ0) is 13.2. The van der Waals surface area contributed by atoms with Gasteiger partial charge in [-0.05, 0) is 12.8 Å². The number of rotatable bonds is 6. The Hall–Kier alpha value is 0.539. The van der Waals surface area contributed by atoms with Crippen molar-refractivity contribution in [3.63, 3.8) is 0 Å². The molecule has 0 aliphatic heterocycles. The molecule has 0 amide bonds. The van der Waals surface area contributed by atoms with Crippen LogP contribution >= 0.6 is 0 Å². The maximum atomic E-state index is 9.72. The third-order valence-electron chi connectivity index (χ3n) is 1.10. The van der Waals surface area contributed by atoms with Crippen LogP contribution < -0.4 is 0 Å². The topological polar surface area (TPSA) is 155 Å². The first-order valence-electron chi connectivity index (χ1n) is 4.21. The van der Waals surface area contributed by atoms with Gasteiger partial charge < -0.3 is 19.3 Å². The van der Waals surface area contributed by atoms with E-state index in [0.717, 1.165) is 0 Å². The molecule has 0 spiro atoms. The van der Waals surface area contributed by atoms with E-state index in [0.29, 0.717) is 0 Å². The molecule has 0 unspecified atom stereocenters. The van der Waals surface area contributed by atoms with Crippen LogP contribution in [0.5, 0.6) is 0 Å². The van der Waals surface area contributed by atoms with Gasteiger partial charge in [0.25, 0.3) is 0 Å². The molecule has 0 rings (SSSR count). The van der Waals surface area contributed by atoms with E-state index in [1.54, 1.807) is 0 Å². The van der Waals surface area contributed by atoms with Crippen LogP contribution in [-0.4, -0.2) is 84.8 Å². The van der Waals surface area contributed by atoms with Gasteiger partial charge in [0.05, 0.1) is 20.2 Å². The minimum absolute atomic E-state index is 0. The summed E-state index contributed by atoms with van der Waals surface area (Å²) in [7, 11) is -8.19. The molecule has 0 aliphatic rings. The van der Waals surface area contributed by atoms with Crippen molar-refractivity contribution in [1.29, 1.82) is 0 Å². The third-order valence-corrected chi connectivity index (χ3v) is 2.68. The monoisotopic (exact) mass is 398 g/mol. The minimum atomic E-state index is -4.10. The fourth-order valence-electron chi connectivity index (χ4n) is 0.483. The average molecular weight is 397 g/mol. The van der Waals surface area contributed by atoms with Gasteiger partial charge in [-0.3, -0.25) is 0 Å². The molecular weight excluding hydrogens is 383 g/mol. The standard InChI is InChI=1S/2C3H8O4S.Sn/c2*4-2-1-3-8(5,6)7;/h2*4H,1-3H2,(H,5,6,7);/q;;+2/p-2. The molecule has 0 atom stereocenters. The van der Waals surface area contributed by atoms with Gasteiger partial charge in [0.1, 0.15) is 0 Å². The SMILES string of the molecule is O=S(=O)([O-])CCCO.O=S(=O)([O-])CCCO.[Sn+2]. The Labute approximate surface area is 117 Å². The van der Waals surface area contributed by atoms with Gasteiger partial charge in [0.2, 0.25) is 0 Å². The first-order valence-corrected chi connectivity index (χ1v) is 7.36. The summed E-state index contributed by atoms with van der Waals surface area (Å²) >= 11 is 0. The molecule has 0 fully saturated rings. The van der Waals surface area contributed by atoms with Crippen LogP contribution in [0.1, 0.15) is 12.8 Å². The van der Waals surface area contributed by atoms with Gasteiger partial charge in [-0.2, -0.15) is 0 Å². The van der Waals surface area contributed by atoms with E-state index < -0.39 is 31.7 Å². The minimum Gasteiger partial charge on any atom is -0.748 e. The van der Waals surface area contributed by atoms with Gasteiger partial charge in [-0.1, -0.05) is 0 Å². The number of aliphatic hydroxyl groups is 2. The van der Waals surface area contributed by atoms with Gasteiger partial charge in [-0.25, -0.2) is 16.8 Å². The first-order chi connectivity index (χ1) is 7.12. The Morgan fingerprint density at radius 1 is 0.765 bits per heavy atom. The van der Waals surface area contributed by atoms with E-state index >= 15 is 0 Å². The van der Waals surface area contributed by atoms with Crippen molar-refractivity contribution in [1.82, 2.24) is 0 Å². The van der Waals surface area contributed by atoms with Crippen molar-refractivity contribution in [2.75, 3.05) is 24.7 Å². The van der Waals surface area contributed by atoms with Crippen molar-refractivity contribution in [3.8, 4) is 0 Å². The summed E-state index contributed by atoms with van der Waals surface area (Å²) in [6.45, 7) is -0.497. The Kier molecular flexibility index (Phi) is 15.5. The second-order valence-corrected chi connectivity index (χ2v) is 5.73. The predicted molar refractivity (Wildman–Crippen MR) is 58.3 cm³/mol. The van der Waals surface area contributed by atoms with Gasteiger partial charge in [0, 0.05) is 24.7 Å². The summed E-state index contributed by atoms with van der Waals surface area (Å²) in [4.78, 5) is 0. The van der Waals surface area contributed by atoms with Crippen LogP contribution in [0, 0.1) is 0 Å². The quantitative estimate of drug-likeness (QED) is 0.367. The zero-order valence-corrected chi connectivity index (χ0v) is 13.4. The smallest absolute Gasteiger partial charge is 0.748 e. The van der Waals surface area contributed by atoms with Crippen LogP contribution in [-0.2, 0) is 20.2 Å². The third kappa shape index (κ3) is 31.5. The number of hydrogen-bond donors (Lipinski definition) is 2. The molecule has 0 aliphatic carbocycles. The molecule has 2 radical (unpaired) electrons. The molecular formula is C6H14O8S2Sn. The predicted octanol–water partition coefficient (Wildman–Crippen LogP) is -2.55. The zero-order valence-electron chi connectivity index (χ0n) is 8.90. The van der Waals surface area contributed by atoms with Crippen LogP contribution in [0.15, 0.2) is 0 Å². The van der Waals surface area contributed by atoms with E-state index in [2.05, 4.69) is 0 Å². The Balaban J connectivity index is -0.000000218. The summed E-state index contributed by atoms with van der Waals surface area (Å²) in [5.74, 6) is -0.938. The van der Waals surface area contributed by atoms with Crippen LogP contribution in [0.25, 0.3) is 0 Å². The summed E-state index contributed by atoms with van der Waals surface area (Å²) in [6.07, 6.45) is 0.0671. The summed E-state index contributed by atoms with van der Waals surface area (Å²) < 4.78 is 58.3. The summed E-state index contributed by atoms with van der Waals surface area (Å²) in [5, 5.41) is 16.1. The van der Waals surface area contributed by atoms with E-state index in [4.69, 9.17) is 10.2 Å². The molecule has 0 aromatic heterocycles. The molecule has 102 valence electrons. The van der Waals surface area contributed by atoms with E-state index in [9.17, 15) is 25.9 Å². The maximum Gasteiger partial charge on any atom is 2.00 e. The van der Waals surface area contributed by atoms with Gasteiger partial charge in [-0.15, -0.1) is 0 Å². The average Bonchev–Trinajstić information content (AvgIpc) is 2.10. The largest absolute Gasteiger partial charge is 2.00 e. The first kappa shape index (κ1) is 22.7. The normalized spacial score (nSPS) is 11.1. The second-order valence-electron chi connectivity index (χ2n) is 2.68. The van der Waals surface area contributed by atoms with E-state index in [1.807, 2.05) is 0 Å². The molecule has 8 nitrogen and oxygen atoms in total. The van der Waals surface area contributed by atoms with E-state index in [-0.39, 0.29) is 50.0 Å². The van der Waals surface area contributed by atoms with Crippen molar-refractivity contribution in [3.05, 3.63) is 0 Å². The molecule has 0 heterocycles. The van der Waals surface area contributed by atoms with Gasteiger partial charge >= 0.3 is 23.9 Å². The number of aliphatic hydroxyl groups excluding tert-OH is 2. The van der Waals surface area contributed by atoms with Crippen LogP contribution in [0.2, 0.25) is 0 Å². The molecule has 11 heteroatoms. The Morgan fingerprint density at radius 2 is 1.00 bits per heavy atom.